The van der Waals surface area contributed by atoms with Crippen LogP contribution < -0.4 is 5.32 Å². The van der Waals surface area contributed by atoms with E-state index in [1.807, 2.05) is 0 Å². The van der Waals surface area contributed by atoms with Gasteiger partial charge in [-0.25, -0.2) is 13.4 Å². The number of benzene rings is 1. The molecule has 1 spiro atoms. The van der Waals surface area contributed by atoms with Gasteiger partial charge in [0.05, 0.1) is 11.9 Å². The minimum Gasteiger partial charge on any atom is -0.348 e. The summed E-state index contributed by atoms with van der Waals surface area (Å²) in [6.07, 6.45) is 4.34. The van der Waals surface area contributed by atoms with E-state index in [2.05, 4.69) is 29.4 Å². The molecule has 1 saturated heterocycles. The van der Waals surface area contributed by atoms with Crippen molar-refractivity contribution in [1.29, 1.82) is 0 Å². The molecule has 1 N–H and O–H groups in total. The zero-order valence-corrected chi connectivity index (χ0v) is 20.7. The highest BCUT2D eigenvalue weighted by atomic mass is 32.2. The summed E-state index contributed by atoms with van der Waals surface area (Å²) in [4.78, 5) is 17.1. The largest absolute Gasteiger partial charge is 0.416 e. The van der Waals surface area contributed by atoms with E-state index in [4.69, 9.17) is 0 Å². The summed E-state index contributed by atoms with van der Waals surface area (Å²) in [5.74, 6) is -0.213. The van der Waals surface area contributed by atoms with Crippen LogP contribution in [0.4, 0.5) is 13.2 Å². The number of sulfonamides is 1. The van der Waals surface area contributed by atoms with Gasteiger partial charge in [-0.2, -0.15) is 17.5 Å². The lowest BCUT2D eigenvalue weighted by Crippen LogP contribution is -2.52. The van der Waals surface area contributed by atoms with E-state index in [-0.39, 0.29) is 35.6 Å². The number of aryl methyl sites for hydroxylation is 1. The lowest BCUT2D eigenvalue weighted by atomic mass is 9.70. The van der Waals surface area contributed by atoms with Crippen molar-refractivity contribution in [3.05, 3.63) is 71.2 Å². The zero-order valence-electron chi connectivity index (χ0n) is 19.9. The number of alkyl halides is 3. The van der Waals surface area contributed by atoms with Gasteiger partial charge in [0.15, 0.2) is 5.03 Å². The van der Waals surface area contributed by atoms with Gasteiger partial charge in [0.2, 0.25) is 0 Å². The zero-order chi connectivity index (χ0) is 25.9. The van der Waals surface area contributed by atoms with Gasteiger partial charge in [0.1, 0.15) is 0 Å². The SMILES string of the molecule is CC1C=CC2=C1CC(NC(=O)c1ccc(C(F)(F)F)cc1)C21CCN(S(=O)(=O)c2cn(C)cn2)CC1. The predicted molar refractivity (Wildman–Crippen MR) is 126 cm³/mol. The summed E-state index contributed by atoms with van der Waals surface area (Å²) in [5, 5.41) is 3.08. The van der Waals surface area contributed by atoms with Crippen LogP contribution in [0, 0.1) is 11.3 Å². The molecule has 0 saturated carbocycles. The summed E-state index contributed by atoms with van der Waals surface area (Å²) in [7, 11) is -2.02. The van der Waals surface area contributed by atoms with E-state index in [1.165, 1.54) is 34.5 Å². The molecule has 192 valence electrons. The van der Waals surface area contributed by atoms with Crippen LogP contribution in [0.2, 0.25) is 0 Å². The van der Waals surface area contributed by atoms with Crippen LogP contribution >= 0.6 is 0 Å². The van der Waals surface area contributed by atoms with Gasteiger partial charge in [0, 0.05) is 43.4 Å². The lowest BCUT2D eigenvalue weighted by Gasteiger charge is -2.44. The van der Waals surface area contributed by atoms with Crippen molar-refractivity contribution >= 4 is 15.9 Å². The van der Waals surface area contributed by atoms with E-state index in [9.17, 15) is 26.4 Å². The second-order valence-corrected chi connectivity index (χ2v) is 11.7. The first-order valence-corrected chi connectivity index (χ1v) is 13.2. The van der Waals surface area contributed by atoms with Crippen LogP contribution in [0.3, 0.4) is 0 Å². The quantitative estimate of drug-likeness (QED) is 0.663. The third-order valence-corrected chi connectivity index (χ3v) is 9.54. The minimum atomic E-state index is -4.47. The number of carbonyl (C=O) groups excluding carboxylic acids is 1. The smallest absolute Gasteiger partial charge is 0.348 e. The van der Waals surface area contributed by atoms with Gasteiger partial charge < -0.3 is 9.88 Å². The summed E-state index contributed by atoms with van der Waals surface area (Å²) in [6.45, 7) is 2.66. The topological polar surface area (TPSA) is 84.3 Å². The Bertz CT molecular complexity index is 1350. The molecular weight excluding hydrogens is 493 g/mol. The van der Waals surface area contributed by atoms with Gasteiger partial charge in [-0.15, -0.1) is 0 Å². The number of carbonyl (C=O) groups is 1. The highest BCUT2D eigenvalue weighted by molar-refractivity contribution is 7.89. The van der Waals surface area contributed by atoms with E-state index >= 15 is 0 Å². The molecule has 2 unspecified atom stereocenters. The Morgan fingerprint density at radius 2 is 1.83 bits per heavy atom. The molecule has 36 heavy (non-hydrogen) atoms. The van der Waals surface area contributed by atoms with E-state index < -0.39 is 33.1 Å². The highest BCUT2D eigenvalue weighted by Gasteiger charge is 2.52. The molecule has 0 radical (unpaired) electrons. The number of halogens is 3. The second kappa shape index (κ2) is 8.58. The van der Waals surface area contributed by atoms with Gasteiger partial charge in [-0.1, -0.05) is 24.6 Å². The fraction of sp³-hybridized carbons (Fsp3) is 0.440. The average Bonchev–Trinajstić information content (AvgIpc) is 3.51. The first-order chi connectivity index (χ1) is 16.9. The monoisotopic (exact) mass is 520 g/mol. The lowest BCUT2D eigenvalue weighted by molar-refractivity contribution is -0.137. The van der Waals surface area contributed by atoms with Crippen molar-refractivity contribution in [2.45, 2.75) is 43.4 Å². The number of aromatic nitrogens is 2. The molecule has 7 nitrogen and oxygen atoms in total. The number of amides is 1. The van der Waals surface area contributed by atoms with Crippen molar-refractivity contribution in [1.82, 2.24) is 19.2 Å². The molecule has 1 aliphatic heterocycles. The normalized spacial score (nSPS) is 23.9. The third kappa shape index (κ3) is 4.07. The maximum atomic E-state index is 13.1. The fourth-order valence-electron chi connectivity index (χ4n) is 5.73. The second-order valence-electron chi connectivity index (χ2n) is 9.83. The molecule has 0 bridgehead atoms. The number of hydrogen-bond acceptors (Lipinski definition) is 4. The Morgan fingerprint density at radius 1 is 1.17 bits per heavy atom. The molecular formula is C25H27F3N4O3S. The van der Waals surface area contributed by atoms with Crippen LogP contribution in [0.15, 0.2) is 65.1 Å². The van der Waals surface area contributed by atoms with Crippen LogP contribution in [0.1, 0.15) is 42.1 Å². The average molecular weight is 521 g/mol. The maximum absolute atomic E-state index is 13.1. The number of hydrogen-bond donors (Lipinski definition) is 1. The molecule has 2 aromatic rings. The summed E-state index contributed by atoms with van der Waals surface area (Å²) in [6, 6.07) is 3.91. The summed E-state index contributed by atoms with van der Waals surface area (Å²) >= 11 is 0. The summed E-state index contributed by atoms with van der Waals surface area (Å²) in [5.41, 5.74) is 1.30. The van der Waals surface area contributed by atoms with Crippen LogP contribution in [0.5, 0.6) is 0 Å². The molecule has 1 amide bonds. The molecule has 2 heterocycles. The number of imidazole rings is 1. The molecule has 11 heteroatoms. The third-order valence-electron chi connectivity index (χ3n) is 7.75. The molecule has 5 rings (SSSR count). The minimum absolute atomic E-state index is 0.00816. The molecule has 2 atom stereocenters. The Hall–Kier alpha value is -2.92. The first kappa shape index (κ1) is 24.8. The Balaban J connectivity index is 1.37. The number of nitrogens with one attached hydrogen (secondary N) is 1. The van der Waals surface area contributed by atoms with Gasteiger partial charge in [0.25, 0.3) is 15.9 Å². The van der Waals surface area contributed by atoms with Crippen molar-refractivity contribution in [3.63, 3.8) is 0 Å². The number of allylic oxidation sites excluding steroid dienone is 2. The Morgan fingerprint density at radius 3 is 2.42 bits per heavy atom. The first-order valence-electron chi connectivity index (χ1n) is 11.8. The van der Waals surface area contributed by atoms with Gasteiger partial charge >= 0.3 is 6.18 Å². The molecule has 1 aromatic carbocycles. The molecule has 2 aliphatic carbocycles. The maximum Gasteiger partial charge on any atom is 0.416 e. The summed E-state index contributed by atoms with van der Waals surface area (Å²) < 4.78 is 68.0. The molecule has 1 fully saturated rings. The number of fused-ring (bicyclic) bond motifs is 1. The van der Waals surface area contributed by atoms with Crippen molar-refractivity contribution < 1.29 is 26.4 Å². The standard InChI is InChI=1S/C25H27F3N4O3S/c1-16-3-8-20-19(16)13-21(30-23(33)17-4-6-18(7-5-17)25(26,27)28)24(20)9-11-32(12-10-24)36(34,35)22-14-31(2)15-29-22/h3-8,14-16,21H,9-13H2,1-2H3,(H,30,33). The Kier molecular flexibility index (Phi) is 5.90. The van der Waals surface area contributed by atoms with Gasteiger partial charge in [-0.05, 0) is 55.0 Å². The van der Waals surface area contributed by atoms with Crippen LogP contribution in [-0.4, -0.2) is 47.3 Å². The van der Waals surface area contributed by atoms with Crippen molar-refractivity contribution in [2.75, 3.05) is 13.1 Å². The fourth-order valence-corrected chi connectivity index (χ4v) is 7.14. The number of piperidine rings is 1. The number of rotatable bonds is 4. The van der Waals surface area contributed by atoms with Gasteiger partial charge in [-0.3, -0.25) is 4.79 Å². The number of nitrogens with zero attached hydrogens (tertiary/aromatic N) is 3. The van der Waals surface area contributed by atoms with Crippen molar-refractivity contribution in [3.8, 4) is 0 Å². The van der Waals surface area contributed by atoms with E-state index in [1.54, 1.807) is 11.6 Å². The van der Waals surface area contributed by atoms with Crippen LogP contribution in [0.25, 0.3) is 0 Å². The highest BCUT2D eigenvalue weighted by Crippen LogP contribution is 2.55. The predicted octanol–water partition coefficient (Wildman–Crippen LogP) is 3.91. The molecule has 1 aromatic heterocycles. The van der Waals surface area contributed by atoms with Crippen molar-refractivity contribution in [2.24, 2.45) is 18.4 Å². The molecule has 3 aliphatic rings. The van der Waals surface area contributed by atoms with E-state index in [0.29, 0.717) is 19.3 Å². The van der Waals surface area contributed by atoms with E-state index in [0.717, 1.165) is 17.7 Å². The Labute approximate surface area is 207 Å². The van der Waals surface area contributed by atoms with Crippen LogP contribution in [-0.2, 0) is 23.2 Å².